The van der Waals surface area contributed by atoms with E-state index in [-0.39, 0.29) is 24.5 Å². The van der Waals surface area contributed by atoms with Crippen LogP contribution in [0.2, 0.25) is 0 Å². The van der Waals surface area contributed by atoms with Crippen LogP contribution < -0.4 is 10.3 Å². The molecule has 0 aliphatic rings. The molecule has 0 radical (unpaired) electrons. The SMILES string of the molecule is O=c1ccc(-c2ccc(F)cc2)nn1C[C@@H](O)COc1ccccc1. The van der Waals surface area contributed by atoms with E-state index in [0.29, 0.717) is 17.0 Å². The third-order valence-electron chi connectivity index (χ3n) is 3.58. The molecule has 1 heterocycles. The van der Waals surface area contributed by atoms with Gasteiger partial charge in [-0.05, 0) is 42.5 Å². The first-order valence-corrected chi connectivity index (χ1v) is 7.82. The Morgan fingerprint density at radius 2 is 1.76 bits per heavy atom. The molecule has 1 atom stereocenters. The van der Waals surface area contributed by atoms with Crippen molar-refractivity contribution >= 4 is 0 Å². The number of aliphatic hydroxyl groups is 1. The fraction of sp³-hybridized carbons (Fsp3) is 0.158. The molecule has 128 valence electrons. The monoisotopic (exact) mass is 340 g/mol. The number of hydrogen-bond acceptors (Lipinski definition) is 4. The normalized spacial score (nSPS) is 11.9. The van der Waals surface area contributed by atoms with Gasteiger partial charge in [0.2, 0.25) is 0 Å². The summed E-state index contributed by atoms with van der Waals surface area (Å²) < 4.78 is 19.7. The maximum atomic E-state index is 13.0. The molecule has 1 N–H and O–H groups in total. The number of rotatable bonds is 6. The van der Waals surface area contributed by atoms with Crippen molar-refractivity contribution in [2.24, 2.45) is 0 Å². The molecule has 2 aromatic carbocycles. The molecule has 0 unspecified atom stereocenters. The predicted molar refractivity (Wildman–Crippen MR) is 91.8 cm³/mol. The number of benzene rings is 2. The van der Waals surface area contributed by atoms with Crippen molar-refractivity contribution in [3.05, 3.63) is 82.9 Å². The Hall–Kier alpha value is -2.99. The zero-order chi connectivity index (χ0) is 17.6. The van der Waals surface area contributed by atoms with Crippen molar-refractivity contribution in [3.8, 4) is 17.0 Å². The van der Waals surface area contributed by atoms with E-state index in [9.17, 15) is 14.3 Å². The Bertz CT molecular complexity index is 879. The smallest absolute Gasteiger partial charge is 0.266 e. The Kier molecular flexibility index (Phi) is 5.20. The lowest BCUT2D eigenvalue weighted by Gasteiger charge is -2.14. The van der Waals surface area contributed by atoms with Gasteiger partial charge in [0.1, 0.15) is 24.3 Å². The standard InChI is InChI=1S/C19H17FN2O3/c20-15-8-6-14(7-9-15)18-10-11-19(24)22(21-18)12-16(23)13-25-17-4-2-1-3-5-17/h1-11,16,23H,12-13H2/t16-/m1/s1. The molecule has 0 aliphatic heterocycles. The average Bonchev–Trinajstić information content (AvgIpc) is 2.63. The number of aliphatic hydroxyl groups excluding tert-OH is 1. The Morgan fingerprint density at radius 3 is 2.48 bits per heavy atom. The fourth-order valence-electron chi connectivity index (χ4n) is 2.32. The van der Waals surface area contributed by atoms with E-state index < -0.39 is 6.10 Å². The second-order valence-electron chi connectivity index (χ2n) is 5.52. The van der Waals surface area contributed by atoms with Crippen molar-refractivity contribution < 1.29 is 14.2 Å². The maximum absolute atomic E-state index is 13.0. The van der Waals surface area contributed by atoms with Gasteiger partial charge >= 0.3 is 0 Å². The van der Waals surface area contributed by atoms with Crippen molar-refractivity contribution in [2.45, 2.75) is 12.6 Å². The molecule has 1 aromatic heterocycles. The van der Waals surface area contributed by atoms with E-state index in [0.717, 1.165) is 0 Å². The van der Waals surface area contributed by atoms with Gasteiger partial charge in [-0.3, -0.25) is 4.79 Å². The topological polar surface area (TPSA) is 64.4 Å². The lowest BCUT2D eigenvalue weighted by molar-refractivity contribution is 0.0880. The minimum atomic E-state index is -0.895. The molecule has 0 spiro atoms. The van der Waals surface area contributed by atoms with Crippen LogP contribution in [0.3, 0.4) is 0 Å². The quantitative estimate of drug-likeness (QED) is 0.749. The van der Waals surface area contributed by atoms with E-state index in [2.05, 4.69) is 5.10 Å². The van der Waals surface area contributed by atoms with Gasteiger partial charge < -0.3 is 9.84 Å². The van der Waals surface area contributed by atoms with E-state index in [4.69, 9.17) is 4.74 Å². The highest BCUT2D eigenvalue weighted by Crippen LogP contribution is 2.15. The fourth-order valence-corrected chi connectivity index (χ4v) is 2.32. The molecule has 5 nitrogen and oxygen atoms in total. The summed E-state index contributed by atoms with van der Waals surface area (Å²) in [7, 11) is 0. The van der Waals surface area contributed by atoms with Gasteiger partial charge in [-0.2, -0.15) is 5.10 Å². The van der Waals surface area contributed by atoms with Crippen LogP contribution in [-0.2, 0) is 6.54 Å². The highest BCUT2D eigenvalue weighted by atomic mass is 19.1. The van der Waals surface area contributed by atoms with E-state index in [1.165, 1.54) is 22.9 Å². The van der Waals surface area contributed by atoms with Gasteiger partial charge in [0, 0.05) is 11.6 Å². The van der Waals surface area contributed by atoms with Gasteiger partial charge in [0.05, 0.1) is 12.2 Å². The molecule has 0 saturated heterocycles. The first kappa shape index (κ1) is 16.9. The van der Waals surface area contributed by atoms with Crippen LogP contribution in [0.5, 0.6) is 5.75 Å². The highest BCUT2D eigenvalue weighted by molar-refractivity contribution is 5.57. The van der Waals surface area contributed by atoms with Crippen LogP contribution in [0.25, 0.3) is 11.3 Å². The molecule has 25 heavy (non-hydrogen) atoms. The van der Waals surface area contributed by atoms with Crippen molar-refractivity contribution in [2.75, 3.05) is 6.61 Å². The summed E-state index contributed by atoms with van der Waals surface area (Å²) in [5.74, 6) is 0.299. The van der Waals surface area contributed by atoms with E-state index in [1.807, 2.05) is 18.2 Å². The van der Waals surface area contributed by atoms with Crippen LogP contribution in [0.1, 0.15) is 0 Å². The summed E-state index contributed by atoms with van der Waals surface area (Å²) >= 11 is 0. The zero-order valence-electron chi connectivity index (χ0n) is 13.4. The molecule has 6 heteroatoms. The van der Waals surface area contributed by atoms with Crippen LogP contribution in [0, 0.1) is 5.82 Å². The van der Waals surface area contributed by atoms with Gasteiger partial charge in [0.25, 0.3) is 5.56 Å². The van der Waals surface area contributed by atoms with E-state index >= 15 is 0 Å². The molecule has 0 bridgehead atoms. The average molecular weight is 340 g/mol. The van der Waals surface area contributed by atoms with Crippen molar-refractivity contribution in [1.82, 2.24) is 9.78 Å². The molecule has 0 saturated carbocycles. The first-order chi connectivity index (χ1) is 12.1. The van der Waals surface area contributed by atoms with Crippen molar-refractivity contribution in [1.29, 1.82) is 0 Å². The maximum Gasteiger partial charge on any atom is 0.266 e. The molecular weight excluding hydrogens is 323 g/mol. The van der Waals surface area contributed by atoms with Gasteiger partial charge in [-0.15, -0.1) is 0 Å². The van der Waals surface area contributed by atoms with Crippen LogP contribution >= 0.6 is 0 Å². The number of para-hydroxylation sites is 1. The summed E-state index contributed by atoms with van der Waals surface area (Å²) in [4.78, 5) is 12.0. The second kappa shape index (κ2) is 7.72. The zero-order valence-corrected chi connectivity index (χ0v) is 13.4. The van der Waals surface area contributed by atoms with Crippen molar-refractivity contribution in [3.63, 3.8) is 0 Å². The third-order valence-corrected chi connectivity index (χ3v) is 3.58. The predicted octanol–water partition coefficient (Wildman–Crippen LogP) is 2.49. The highest BCUT2D eigenvalue weighted by Gasteiger charge is 2.10. The third kappa shape index (κ3) is 4.51. The van der Waals surface area contributed by atoms with Crippen LogP contribution in [0.15, 0.2) is 71.5 Å². The summed E-state index contributed by atoms with van der Waals surface area (Å²) in [5.41, 5.74) is 0.880. The largest absolute Gasteiger partial charge is 0.491 e. The summed E-state index contributed by atoms with van der Waals surface area (Å²) in [6.07, 6.45) is -0.895. The molecule has 0 aliphatic carbocycles. The van der Waals surface area contributed by atoms with Crippen LogP contribution in [-0.4, -0.2) is 27.6 Å². The number of nitrogens with zero attached hydrogens (tertiary/aromatic N) is 2. The molecule has 3 rings (SSSR count). The first-order valence-electron chi connectivity index (χ1n) is 7.82. The Morgan fingerprint density at radius 1 is 1.04 bits per heavy atom. The Labute approximate surface area is 143 Å². The Balaban J connectivity index is 1.70. The van der Waals surface area contributed by atoms with E-state index in [1.54, 1.807) is 30.3 Å². The minimum absolute atomic E-state index is 0.000696. The second-order valence-corrected chi connectivity index (χ2v) is 5.52. The van der Waals surface area contributed by atoms with Gasteiger partial charge in [0.15, 0.2) is 0 Å². The molecule has 0 amide bonds. The molecule has 0 fully saturated rings. The van der Waals surface area contributed by atoms with Crippen LogP contribution in [0.4, 0.5) is 4.39 Å². The van der Waals surface area contributed by atoms with Gasteiger partial charge in [-0.25, -0.2) is 9.07 Å². The molecular formula is C19H17FN2O3. The summed E-state index contributed by atoms with van der Waals surface area (Å²) in [5, 5.41) is 14.3. The number of ether oxygens (including phenoxy) is 1. The minimum Gasteiger partial charge on any atom is -0.491 e. The number of halogens is 1. The summed E-state index contributed by atoms with van der Waals surface area (Å²) in [6, 6.07) is 17.9. The van der Waals surface area contributed by atoms with Gasteiger partial charge in [-0.1, -0.05) is 18.2 Å². The lowest BCUT2D eigenvalue weighted by Crippen LogP contribution is -2.31. The number of aromatic nitrogens is 2. The molecule has 3 aromatic rings. The summed E-state index contributed by atoms with van der Waals surface area (Å²) in [6.45, 7) is 0.0413. The number of hydrogen-bond donors (Lipinski definition) is 1. The lowest BCUT2D eigenvalue weighted by atomic mass is 10.1.